The number of benzene rings is 1. The molecule has 5 nitrogen and oxygen atoms in total. The number of anilines is 1. The van der Waals surface area contributed by atoms with Crippen molar-refractivity contribution in [1.29, 1.82) is 0 Å². The van der Waals surface area contributed by atoms with Gasteiger partial charge in [-0.25, -0.2) is 0 Å². The summed E-state index contributed by atoms with van der Waals surface area (Å²) in [5.74, 6) is 1.66. The molecule has 1 aliphatic heterocycles. The summed E-state index contributed by atoms with van der Waals surface area (Å²) in [6.07, 6.45) is 2.47. The number of likely N-dealkylation sites (tertiary alicyclic amines) is 1. The number of hydrogen-bond donors (Lipinski definition) is 2. The van der Waals surface area contributed by atoms with E-state index in [-0.39, 0.29) is 0 Å². The van der Waals surface area contributed by atoms with Gasteiger partial charge in [-0.3, -0.25) is 4.99 Å². The van der Waals surface area contributed by atoms with Crippen molar-refractivity contribution in [2.24, 2.45) is 16.6 Å². The molecule has 1 saturated heterocycles. The number of halogens is 1. The standard InChI is InChI=1S/C16H25ClN4O/c1-3-21-8-4-5-12(11-21)10-19-16(18)20-13-6-7-15(22-2)14(17)9-13/h6-7,9,12H,3-5,8,10-11H2,1-2H3,(H3,18,19,20). The van der Waals surface area contributed by atoms with E-state index in [1.54, 1.807) is 19.2 Å². The van der Waals surface area contributed by atoms with E-state index in [9.17, 15) is 0 Å². The highest BCUT2D eigenvalue weighted by Crippen LogP contribution is 2.27. The zero-order chi connectivity index (χ0) is 15.9. The van der Waals surface area contributed by atoms with Crippen LogP contribution in [0.1, 0.15) is 19.8 Å². The van der Waals surface area contributed by atoms with Crippen molar-refractivity contribution in [3.8, 4) is 5.75 Å². The molecule has 2 rings (SSSR count). The number of piperidine rings is 1. The largest absolute Gasteiger partial charge is 0.495 e. The molecule has 1 fully saturated rings. The van der Waals surface area contributed by atoms with E-state index in [4.69, 9.17) is 22.1 Å². The number of nitrogens with one attached hydrogen (secondary N) is 1. The first-order valence-electron chi connectivity index (χ1n) is 7.75. The average molecular weight is 325 g/mol. The van der Waals surface area contributed by atoms with Crippen LogP contribution >= 0.6 is 11.6 Å². The number of methoxy groups -OCH3 is 1. The fourth-order valence-electron chi connectivity index (χ4n) is 2.75. The lowest BCUT2D eigenvalue weighted by atomic mass is 9.98. The lowest BCUT2D eigenvalue weighted by Crippen LogP contribution is -2.36. The summed E-state index contributed by atoms with van der Waals surface area (Å²) in [5, 5.41) is 3.62. The molecule has 0 aromatic heterocycles. The van der Waals surface area contributed by atoms with Crippen molar-refractivity contribution >= 4 is 23.2 Å². The number of rotatable bonds is 5. The minimum Gasteiger partial charge on any atom is -0.495 e. The summed E-state index contributed by atoms with van der Waals surface area (Å²) in [5.41, 5.74) is 6.77. The number of ether oxygens (including phenoxy) is 1. The first-order valence-corrected chi connectivity index (χ1v) is 8.13. The van der Waals surface area contributed by atoms with Crippen molar-refractivity contribution in [2.75, 3.05) is 38.6 Å². The Bertz CT molecular complexity index is 521. The number of nitrogens with zero attached hydrogens (tertiary/aromatic N) is 2. The highest BCUT2D eigenvalue weighted by Gasteiger charge is 2.18. The molecule has 0 amide bonds. The van der Waals surface area contributed by atoms with Crippen LogP contribution in [0.25, 0.3) is 0 Å². The van der Waals surface area contributed by atoms with Gasteiger partial charge in [-0.05, 0) is 50.0 Å². The molecule has 0 spiro atoms. The molecule has 0 saturated carbocycles. The number of aliphatic imine (C=N–C) groups is 1. The van der Waals surface area contributed by atoms with E-state index in [1.165, 1.54) is 19.4 Å². The Balaban J connectivity index is 1.88. The Hall–Kier alpha value is -1.46. The zero-order valence-electron chi connectivity index (χ0n) is 13.3. The van der Waals surface area contributed by atoms with Gasteiger partial charge in [0.05, 0.1) is 12.1 Å². The summed E-state index contributed by atoms with van der Waals surface area (Å²) < 4.78 is 5.13. The lowest BCUT2D eigenvalue weighted by Gasteiger charge is -2.30. The maximum Gasteiger partial charge on any atom is 0.193 e. The molecule has 1 unspecified atom stereocenters. The Labute approximate surface area is 137 Å². The Morgan fingerprint density at radius 2 is 2.36 bits per heavy atom. The second-order valence-corrected chi connectivity index (χ2v) is 6.01. The predicted octanol–water partition coefficient (Wildman–Crippen LogP) is 2.81. The molecule has 1 atom stereocenters. The van der Waals surface area contributed by atoms with Crippen LogP contribution in [-0.2, 0) is 0 Å². The van der Waals surface area contributed by atoms with Crippen molar-refractivity contribution in [2.45, 2.75) is 19.8 Å². The van der Waals surface area contributed by atoms with Crippen molar-refractivity contribution in [1.82, 2.24) is 4.90 Å². The fraction of sp³-hybridized carbons (Fsp3) is 0.562. The summed E-state index contributed by atoms with van der Waals surface area (Å²) in [7, 11) is 1.59. The lowest BCUT2D eigenvalue weighted by molar-refractivity contribution is 0.187. The molecule has 1 aromatic carbocycles. The molecule has 1 aliphatic rings. The second kappa shape index (κ2) is 8.25. The van der Waals surface area contributed by atoms with Crippen LogP contribution in [0.2, 0.25) is 5.02 Å². The molecule has 0 aliphatic carbocycles. The third kappa shape index (κ3) is 4.78. The minimum atomic E-state index is 0.426. The smallest absolute Gasteiger partial charge is 0.193 e. The van der Waals surface area contributed by atoms with E-state index in [1.807, 2.05) is 6.07 Å². The quantitative estimate of drug-likeness (QED) is 0.646. The van der Waals surface area contributed by atoms with Crippen LogP contribution < -0.4 is 15.8 Å². The van der Waals surface area contributed by atoms with Gasteiger partial charge in [0.25, 0.3) is 0 Å². The van der Waals surface area contributed by atoms with E-state index >= 15 is 0 Å². The van der Waals surface area contributed by atoms with Gasteiger partial charge in [0.2, 0.25) is 0 Å². The van der Waals surface area contributed by atoms with Crippen molar-refractivity contribution in [3.63, 3.8) is 0 Å². The van der Waals surface area contributed by atoms with Crippen LogP contribution in [0.4, 0.5) is 5.69 Å². The predicted molar refractivity (Wildman–Crippen MR) is 93.0 cm³/mol. The third-order valence-corrected chi connectivity index (χ3v) is 4.29. The van der Waals surface area contributed by atoms with Gasteiger partial charge in [0, 0.05) is 18.8 Å². The summed E-state index contributed by atoms with van der Waals surface area (Å²) in [4.78, 5) is 6.94. The fourth-order valence-corrected chi connectivity index (χ4v) is 3.00. The maximum absolute atomic E-state index is 6.09. The second-order valence-electron chi connectivity index (χ2n) is 5.60. The summed E-state index contributed by atoms with van der Waals surface area (Å²) >= 11 is 6.09. The Morgan fingerprint density at radius 3 is 3.05 bits per heavy atom. The molecular weight excluding hydrogens is 300 g/mol. The number of guanidine groups is 1. The van der Waals surface area contributed by atoms with Crippen LogP contribution in [0, 0.1) is 5.92 Å². The van der Waals surface area contributed by atoms with E-state index in [2.05, 4.69) is 22.1 Å². The monoisotopic (exact) mass is 324 g/mol. The summed E-state index contributed by atoms with van der Waals surface area (Å²) in [6.45, 7) is 6.39. The molecule has 1 aromatic rings. The van der Waals surface area contributed by atoms with Crippen LogP contribution in [0.5, 0.6) is 5.75 Å². The van der Waals surface area contributed by atoms with Gasteiger partial charge >= 0.3 is 0 Å². The van der Waals surface area contributed by atoms with E-state index in [0.717, 1.165) is 25.3 Å². The molecule has 0 bridgehead atoms. The molecule has 0 radical (unpaired) electrons. The van der Waals surface area contributed by atoms with Crippen LogP contribution in [-0.4, -0.2) is 44.1 Å². The molecular formula is C16H25ClN4O. The Kier molecular flexibility index (Phi) is 6.34. The molecule has 3 N–H and O–H groups in total. The van der Waals surface area contributed by atoms with Gasteiger partial charge < -0.3 is 20.7 Å². The van der Waals surface area contributed by atoms with E-state index < -0.39 is 0 Å². The van der Waals surface area contributed by atoms with Gasteiger partial charge in [-0.1, -0.05) is 18.5 Å². The number of hydrogen-bond acceptors (Lipinski definition) is 3. The van der Waals surface area contributed by atoms with Crippen LogP contribution in [0.15, 0.2) is 23.2 Å². The first-order chi connectivity index (χ1) is 10.6. The molecule has 1 heterocycles. The average Bonchev–Trinajstić information content (AvgIpc) is 2.53. The zero-order valence-corrected chi connectivity index (χ0v) is 14.1. The molecule has 122 valence electrons. The summed E-state index contributed by atoms with van der Waals surface area (Å²) in [6, 6.07) is 5.45. The first kappa shape index (κ1) is 16.9. The molecule has 22 heavy (non-hydrogen) atoms. The highest BCUT2D eigenvalue weighted by atomic mass is 35.5. The van der Waals surface area contributed by atoms with Gasteiger partial charge in [-0.2, -0.15) is 0 Å². The van der Waals surface area contributed by atoms with Gasteiger partial charge in [-0.15, -0.1) is 0 Å². The topological polar surface area (TPSA) is 62.9 Å². The highest BCUT2D eigenvalue weighted by molar-refractivity contribution is 6.32. The minimum absolute atomic E-state index is 0.426. The molecule has 6 heteroatoms. The van der Waals surface area contributed by atoms with Gasteiger partial charge in [0.1, 0.15) is 5.75 Å². The maximum atomic E-state index is 6.09. The van der Waals surface area contributed by atoms with Crippen molar-refractivity contribution < 1.29 is 4.74 Å². The van der Waals surface area contributed by atoms with Gasteiger partial charge in [0.15, 0.2) is 5.96 Å². The number of nitrogens with two attached hydrogens (primary N) is 1. The Morgan fingerprint density at radius 1 is 1.55 bits per heavy atom. The van der Waals surface area contributed by atoms with Crippen LogP contribution in [0.3, 0.4) is 0 Å². The SMILES string of the molecule is CCN1CCCC(CN=C(N)Nc2ccc(OC)c(Cl)c2)C1. The third-order valence-electron chi connectivity index (χ3n) is 3.99. The normalized spacial score (nSPS) is 20.0. The van der Waals surface area contributed by atoms with Crippen molar-refractivity contribution in [3.05, 3.63) is 23.2 Å². The van der Waals surface area contributed by atoms with E-state index in [0.29, 0.717) is 22.6 Å².